The Labute approximate surface area is 95.9 Å². The lowest BCUT2D eigenvalue weighted by Crippen LogP contribution is -2.35. The maximum atomic E-state index is 5.20. The van der Waals surface area contributed by atoms with E-state index in [-0.39, 0.29) is 0 Å². The number of rotatable bonds is 7. The first-order valence-electron chi connectivity index (χ1n) is 5.42. The van der Waals surface area contributed by atoms with Gasteiger partial charge in [-0.05, 0) is 13.3 Å². The summed E-state index contributed by atoms with van der Waals surface area (Å²) in [6.07, 6.45) is 4.17. The van der Waals surface area contributed by atoms with E-state index in [1.807, 2.05) is 11.6 Å². The Bertz CT molecular complexity index is 245. The molecule has 1 N–H and O–H groups in total. The van der Waals surface area contributed by atoms with Gasteiger partial charge in [0.1, 0.15) is 5.01 Å². The summed E-state index contributed by atoms with van der Waals surface area (Å²) in [6.45, 7) is 5.11. The number of hydrogen-bond acceptors (Lipinski definition) is 4. The molecule has 0 aliphatic carbocycles. The van der Waals surface area contributed by atoms with Crippen LogP contribution in [0.25, 0.3) is 0 Å². The van der Waals surface area contributed by atoms with Crippen LogP contribution in [-0.2, 0) is 4.74 Å². The number of nitrogens with one attached hydrogen (secondary N) is 1. The summed E-state index contributed by atoms with van der Waals surface area (Å²) in [5.41, 5.74) is 0. The van der Waals surface area contributed by atoms with E-state index in [1.165, 1.54) is 6.42 Å². The molecule has 1 aromatic rings. The summed E-state index contributed by atoms with van der Waals surface area (Å²) in [7, 11) is 1.75. The third-order valence-corrected chi connectivity index (χ3v) is 3.27. The van der Waals surface area contributed by atoms with Gasteiger partial charge in [0.15, 0.2) is 0 Å². The molecule has 0 aliphatic heterocycles. The minimum absolute atomic E-state index is 0.316. The van der Waals surface area contributed by atoms with Crippen LogP contribution >= 0.6 is 11.3 Å². The first-order chi connectivity index (χ1) is 7.27. The van der Waals surface area contributed by atoms with E-state index in [1.54, 1.807) is 18.4 Å². The van der Waals surface area contributed by atoms with Gasteiger partial charge in [0, 0.05) is 24.7 Å². The second-order valence-electron chi connectivity index (χ2n) is 3.70. The van der Waals surface area contributed by atoms with Crippen molar-refractivity contribution in [2.45, 2.75) is 38.8 Å². The molecule has 0 saturated carbocycles. The first-order valence-corrected chi connectivity index (χ1v) is 6.30. The van der Waals surface area contributed by atoms with Gasteiger partial charge in [0.2, 0.25) is 0 Å². The van der Waals surface area contributed by atoms with Gasteiger partial charge in [0.25, 0.3) is 0 Å². The molecule has 1 aromatic heterocycles. The molecule has 0 amide bonds. The van der Waals surface area contributed by atoms with Crippen LogP contribution in [0.2, 0.25) is 0 Å². The molecular weight excluding hydrogens is 208 g/mol. The molecule has 1 heterocycles. The van der Waals surface area contributed by atoms with Crippen molar-refractivity contribution in [3.05, 3.63) is 16.6 Å². The normalized spacial score (nSPS) is 15.1. The van der Waals surface area contributed by atoms with Gasteiger partial charge < -0.3 is 10.1 Å². The molecule has 0 bridgehead atoms. The van der Waals surface area contributed by atoms with Crippen LogP contribution in [0.1, 0.15) is 37.7 Å². The van der Waals surface area contributed by atoms with Crippen LogP contribution in [0, 0.1) is 0 Å². The monoisotopic (exact) mass is 228 g/mol. The highest BCUT2D eigenvalue weighted by Crippen LogP contribution is 2.16. The Hall–Kier alpha value is -0.450. The molecule has 1 rings (SSSR count). The van der Waals surface area contributed by atoms with Crippen LogP contribution < -0.4 is 5.32 Å². The van der Waals surface area contributed by atoms with Crippen LogP contribution in [0.3, 0.4) is 0 Å². The lowest BCUT2D eigenvalue weighted by molar-refractivity contribution is 0.157. The molecule has 0 spiro atoms. The minimum atomic E-state index is 0.316. The zero-order chi connectivity index (χ0) is 11.1. The fraction of sp³-hybridized carbons (Fsp3) is 0.727. The van der Waals surface area contributed by atoms with Crippen LogP contribution in [0.15, 0.2) is 11.6 Å². The van der Waals surface area contributed by atoms with Crippen LogP contribution in [0.5, 0.6) is 0 Å². The first kappa shape index (κ1) is 12.6. The quantitative estimate of drug-likeness (QED) is 0.779. The Morgan fingerprint density at radius 2 is 2.40 bits per heavy atom. The Balaban J connectivity index is 2.43. The third kappa shape index (κ3) is 4.28. The smallest absolute Gasteiger partial charge is 0.109 e. The molecule has 0 saturated heterocycles. The van der Waals surface area contributed by atoms with Gasteiger partial charge in [0.05, 0.1) is 12.6 Å². The van der Waals surface area contributed by atoms with Gasteiger partial charge in [-0.1, -0.05) is 13.3 Å². The highest BCUT2D eigenvalue weighted by atomic mass is 32.1. The Kier molecular flexibility index (Phi) is 5.83. The van der Waals surface area contributed by atoms with E-state index >= 15 is 0 Å². The van der Waals surface area contributed by atoms with Crippen molar-refractivity contribution in [3.63, 3.8) is 0 Å². The van der Waals surface area contributed by atoms with Crippen molar-refractivity contribution in [1.82, 2.24) is 10.3 Å². The van der Waals surface area contributed by atoms with E-state index in [2.05, 4.69) is 24.1 Å². The predicted molar refractivity (Wildman–Crippen MR) is 64.2 cm³/mol. The summed E-state index contributed by atoms with van der Waals surface area (Å²) in [5, 5.41) is 6.70. The molecule has 2 unspecified atom stereocenters. The van der Waals surface area contributed by atoms with E-state index in [9.17, 15) is 0 Å². The lowest BCUT2D eigenvalue weighted by atomic mass is 10.1. The summed E-state index contributed by atoms with van der Waals surface area (Å²) in [5.74, 6) is 0. The van der Waals surface area contributed by atoms with Gasteiger partial charge in [-0.25, -0.2) is 4.98 Å². The van der Waals surface area contributed by atoms with Gasteiger partial charge in [-0.2, -0.15) is 0 Å². The van der Waals surface area contributed by atoms with Crippen molar-refractivity contribution in [2.24, 2.45) is 0 Å². The SMILES string of the molecule is CCCC(COC)NC(C)c1nccs1. The fourth-order valence-corrected chi connectivity index (χ4v) is 2.29. The number of hydrogen-bond donors (Lipinski definition) is 1. The number of thiazole rings is 1. The molecule has 0 fully saturated rings. The van der Waals surface area contributed by atoms with Crippen molar-refractivity contribution >= 4 is 11.3 Å². The standard InChI is InChI=1S/C11H20N2OS/c1-4-5-10(8-14-3)13-9(2)11-12-6-7-15-11/h6-7,9-10,13H,4-5,8H2,1-3H3. The highest BCUT2D eigenvalue weighted by molar-refractivity contribution is 7.09. The highest BCUT2D eigenvalue weighted by Gasteiger charge is 2.13. The maximum Gasteiger partial charge on any atom is 0.109 e. The summed E-state index contributed by atoms with van der Waals surface area (Å²) < 4.78 is 5.20. The molecule has 0 aliphatic rings. The molecule has 3 nitrogen and oxygen atoms in total. The molecule has 0 radical (unpaired) electrons. The van der Waals surface area contributed by atoms with Crippen LogP contribution in [-0.4, -0.2) is 24.7 Å². The van der Waals surface area contributed by atoms with Crippen LogP contribution in [0.4, 0.5) is 0 Å². The summed E-state index contributed by atoms with van der Waals surface area (Å²) in [4.78, 5) is 4.30. The fourth-order valence-electron chi connectivity index (χ4n) is 1.64. The van der Waals surface area contributed by atoms with E-state index < -0.39 is 0 Å². The average molecular weight is 228 g/mol. The molecule has 15 heavy (non-hydrogen) atoms. The third-order valence-electron chi connectivity index (χ3n) is 2.31. The minimum Gasteiger partial charge on any atom is -0.383 e. The summed E-state index contributed by atoms with van der Waals surface area (Å²) in [6, 6.07) is 0.746. The average Bonchev–Trinajstić information content (AvgIpc) is 2.71. The zero-order valence-electron chi connectivity index (χ0n) is 9.69. The Morgan fingerprint density at radius 3 is 2.93 bits per heavy atom. The van der Waals surface area contributed by atoms with Gasteiger partial charge in [-0.3, -0.25) is 0 Å². The van der Waals surface area contributed by atoms with Crippen molar-refractivity contribution in [3.8, 4) is 0 Å². The van der Waals surface area contributed by atoms with Crippen molar-refractivity contribution in [1.29, 1.82) is 0 Å². The van der Waals surface area contributed by atoms with E-state index in [4.69, 9.17) is 4.74 Å². The maximum absolute atomic E-state index is 5.20. The second kappa shape index (κ2) is 6.93. The van der Waals surface area contributed by atoms with Crippen molar-refractivity contribution < 1.29 is 4.74 Å². The number of nitrogens with zero attached hydrogens (tertiary/aromatic N) is 1. The topological polar surface area (TPSA) is 34.1 Å². The van der Waals surface area contributed by atoms with E-state index in [0.29, 0.717) is 12.1 Å². The number of methoxy groups -OCH3 is 1. The van der Waals surface area contributed by atoms with Gasteiger partial charge in [-0.15, -0.1) is 11.3 Å². The lowest BCUT2D eigenvalue weighted by Gasteiger charge is -2.21. The largest absolute Gasteiger partial charge is 0.383 e. The van der Waals surface area contributed by atoms with Gasteiger partial charge >= 0.3 is 0 Å². The molecule has 86 valence electrons. The summed E-state index contributed by atoms with van der Waals surface area (Å²) >= 11 is 1.69. The molecule has 0 aromatic carbocycles. The zero-order valence-corrected chi connectivity index (χ0v) is 10.5. The second-order valence-corrected chi connectivity index (χ2v) is 4.63. The molecular formula is C11H20N2OS. The predicted octanol–water partition coefficient (Wildman–Crippen LogP) is 2.61. The number of ether oxygens (including phenoxy) is 1. The molecule has 4 heteroatoms. The number of aromatic nitrogens is 1. The Morgan fingerprint density at radius 1 is 1.60 bits per heavy atom. The van der Waals surface area contributed by atoms with E-state index in [0.717, 1.165) is 18.0 Å². The van der Waals surface area contributed by atoms with Crippen molar-refractivity contribution in [2.75, 3.05) is 13.7 Å². The molecule has 2 atom stereocenters.